The van der Waals surface area contributed by atoms with E-state index in [0.29, 0.717) is 17.2 Å². The lowest BCUT2D eigenvalue weighted by molar-refractivity contribution is -0.113. The third-order valence-corrected chi connectivity index (χ3v) is 6.67. The highest BCUT2D eigenvalue weighted by Crippen LogP contribution is 2.35. The van der Waals surface area contributed by atoms with Crippen LogP contribution in [0.15, 0.2) is 41.6 Å². The van der Waals surface area contributed by atoms with Crippen LogP contribution < -0.4 is 5.32 Å². The lowest BCUT2D eigenvalue weighted by atomic mass is 10.2. The molecule has 3 aromatic heterocycles. The number of aryl methyl sites for hydroxylation is 3. The van der Waals surface area contributed by atoms with Crippen molar-refractivity contribution in [1.29, 1.82) is 5.26 Å². The van der Waals surface area contributed by atoms with Gasteiger partial charge in [0.2, 0.25) is 5.91 Å². The molecule has 0 spiro atoms. The third kappa shape index (κ3) is 3.79. The smallest absolute Gasteiger partial charge is 0.235 e. The van der Waals surface area contributed by atoms with E-state index in [4.69, 9.17) is 0 Å². The molecule has 0 saturated heterocycles. The van der Waals surface area contributed by atoms with Gasteiger partial charge in [-0.05, 0) is 38.5 Å². The molecular weight excluding hydrogens is 416 g/mol. The SMILES string of the molecule is Cc1nc(SCC(=O)Nc2c(C#N)cnn2-c2ccccc2)c2c(C)c(C)sc2n1. The normalized spacial score (nSPS) is 10.9. The molecule has 0 radical (unpaired) electrons. The lowest BCUT2D eigenvalue weighted by Crippen LogP contribution is -2.18. The van der Waals surface area contributed by atoms with Gasteiger partial charge in [-0.15, -0.1) is 11.3 Å². The number of thioether (sulfide) groups is 1. The summed E-state index contributed by atoms with van der Waals surface area (Å²) in [7, 11) is 0. The van der Waals surface area contributed by atoms with Crippen molar-refractivity contribution in [3.05, 3.63) is 58.4 Å². The molecule has 0 unspecified atom stereocenters. The number of hydrogen-bond acceptors (Lipinski definition) is 7. The summed E-state index contributed by atoms with van der Waals surface area (Å²) < 4.78 is 1.56. The molecule has 7 nitrogen and oxygen atoms in total. The van der Waals surface area contributed by atoms with Crippen LogP contribution in [0.3, 0.4) is 0 Å². The van der Waals surface area contributed by atoms with E-state index in [0.717, 1.165) is 26.5 Å². The highest BCUT2D eigenvalue weighted by atomic mass is 32.2. The minimum absolute atomic E-state index is 0.157. The molecule has 4 rings (SSSR count). The fourth-order valence-electron chi connectivity index (χ4n) is 3.04. The Bertz CT molecular complexity index is 1290. The number of carbonyl (C=O) groups is 1. The van der Waals surface area contributed by atoms with E-state index in [1.807, 2.05) is 37.3 Å². The Kier molecular flexibility index (Phi) is 5.53. The molecule has 0 fully saturated rings. The standard InChI is InChI=1S/C21H18N6OS2/c1-12-13(2)30-21-18(12)20(24-14(3)25-21)29-11-17(28)26-19-15(9-22)10-23-27(19)16-7-5-4-6-8-16/h4-8,10H,11H2,1-3H3,(H,26,28). The maximum atomic E-state index is 12.7. The van der Waals surface area contributed by atoms with Crippen molar-refractivity contribution in [1.82, 2.24) is 19.7 Å². The Morgan fingerprint density at radius 3 is 2.73 bits per heavy atom. The number of hydrogen-bond donors (Lipinski definition) is 1. The van der Waals surface area contributed by atoms with Crippen molar-refractivity contribution in [3.8, 4) is 11.8 Å². The number of carbonyl (C=O) groups excluding carboxylic acids is 1. The largest absolute Gasteiger partial charge is 0.309 e. The zero-order chi connectivity index (χ0) is 21.3. The molecule has 0 aliphatic heterocycles. The number of rotatable bonds is 5. The van der Waals surface area contributed by atoms with Crippen LogP contribution in [-0.2, 0) is 4.79 Å². The number of para-hydroxylation sites is 1. The summed E-state index contributed by atoms with van der Waals surface area (Å²) in [6, 6.07) is 11.4. The fourth-order valence-corrected chi connectivity index (χ4v) is 5.11. The average molecular weight is 435 g/mol. The van der Waals surface area contributed by atoms with E-state index in [1.165, 1.54) is 22.8 Å². The van der Waals surface area contributed by atoms with Gasteiger partial charge in [-0.3, -0.25) is 4.79 Å². The number of thiophene rings is 1. The van der Waals surface area contributed by atoms with Crippen molar-refractivity contribution in [2.24, 2.45) is 0 Å². The van der Waals surface area contributed by atoms with Crippen molar-refractivity contribution < 1.29 is 4.79 Å². The molecule has 1 aromatic carbocycles. The van der Waals surface area contributed by atoms with Crippen LogP contribution in [0.2, 0.25) is 0 Å². The highest BCUT2D eigenvalue weighted by Gasteiger charge is 2.18. The second-order valence-electron chi connectivity index (χ2n) is 6.64. The number of fused-ring (bicyclic) bond motifs is 1. The molecule has 1 amide bonds. The third-order valence-electron chi connectivity index (χ3n) is 4.60. The predicted molar refractivity (Wildman–Crippen MR) is 119 cm³/mol. The minimum Gasteiger partial charge on any atom is -0.309 e. The molecule has 1 N–H and O–H groups in total. The van der Waals surface area contributed by atoms with E-state index in [1.54, 1.807) is 16.0 Å². The molecule has 0 saturated carbocycles. The Morgan fingerprint density at radius 1 is 1.23 bits per heavy atom. The van der Waals surface area contributed by atoms with Crippen molar-refractivity contribution >= 4 is 45.0 Å². The zero-order valence-electron chi connectivity index (χ0n) is 16.6. The fraction of sp³-hybridized carbons (Fsp3) is 0.190. The number of anilines is 1. The molecule has 4 aromatic rings. The van der Waals surface area contributed by atoms with Crippen LogP contribution >= 0.6 is 23.1 Å². The molecule has 0 atom stereocenters. The van der Waals surface area contributed by atoms with Crippen LogP contribution in [0, 0.1) is 32.1 Å². The average Bonchev–Trinajstić information content (AvgIpc) is 3.27. The second-order valence-corrected chi connectivity index (χ2v) is 8.81. The van der Waals surface area contributed by atoms with Gasteiger partial charge in [-0.1, -0.05) is 30.0 Å². The number of benzene rings is 1. The topological polar surface area (TPSA) is 96.5 Å². The molecule has 3 heterocycles. The molecule has 0 aliphatic rings. The summed E-state index contributed by atoms with van der Waals surface area (Å²) in [5.74, 6) is 0.967. The van der Waals surface area contributed by atoms with E-state index in [9.17, 15) is 10.1 Å². The number of nitrogens with zero attached hydrogens (tertiary/aromatic N) is 5. The van der Waals surface area contributed by atoms with Crippen molar-refractivity contribution in [2.45, 2.75) is 25.8 Å². The first-order valence-corrected chi connectivity index (χ1v) is 11.0. The molecule has 0 aliphatic carbocycles. The van der Waals surface area contributed by atoms with Gasteiger partial charge in [0.05, 0.1) is 17.6 Å². The summed E-state index contributed by atoms with van der Waals surface area (Å²) in [5, 5.41) is 18.3. The Labute approximate surface area is 181 Å². The molecule has 30 heavy (non-hydrogen) atoms. The Balaban J connectivity index is 1.57. The predicted octanol–water partition coefficient (Wildman–Crippen LogP) is 4.40. The van der Waals surface area contributed by atoms with E-state index in [2.05, 4.69) is 40.3 Å². The van der Waals surface area contributed by atoms with Gasteiger partial charge in [-0.25, -0.2) is 14.6 Å². The first-order chi connectivity index (χ1) is 14.5. The summed E-state index contributed by atoms with van der Waals surface area (Å²) in [6.07, 6.45) is 1.45. The molecular formula is C21H18N6OS2. The van der Waals surface area contributed by atoms with Crippen molar-refractivity contribution in [3.63, 3.8) is 0 Å². The summed E-state index contributed by atoms with van der Waals surface area (Å²) in [5.41, 5.74) is 2.22. The Morgan fingerprint density at radius 2 is 2.00 bits per heavy atom. The second kappa shape index (κ2) is 8.26. The Hall–Kier alpha value is -3.22. The van der Waals surface area contributed by atoms with Crippen LogP contribution in [0.5, 0.6) is 0 Å². The van der Waals surface area contributed by atoms with Gasteiger partial charge in [0.15, 0.2) is 5.82 Å². The maximum Gasteiger partial charge on any atom is 0.235 e. The minimum atomic E-state index is -0.233. The van der Waals surface area contributed by atoms with Crippen LogP contribution in [0.25, 0.3) is 15.9 Å². The number of nitriles is 1. The first-order valence-electron chi connectivity index (χ1n) is 9.18. The van der Waals surface area contributed by atoms with Gasteiger partial charge in [0.25, 0.3) is 0 Å². The number of amides is 1. The summed E-state index contributed by atoms with van der Waals surface area (Å²) in [6.45, 7) is 5.96. The maximum absolute atomic E-state index is 12.7. The highest BCUT2D eigenvalue weighted by molar-refractivity contribution is 8.00. The van der Waals surface area contributed by atoms with E-state index >= 15 is 0 Å². The monoisotopic (exact) mass is 434 g/mol. The van der Waals surface area contributed by atoms with Gasteiger partial charge >= 0.3 is 0 Å². The van der Waals surface area contributed by atoms with Gasteiger partial charge in [0, 0.05) is 10.3 Å². The van der Waals surface area contributed by atoms with Crippen LogP contribution in [0.4, 0.5) is 5.82 Å². The van der Waals surface area contributed by atoms with Crippen LogP contribution in [-0.4, -0.2) is 31.4 Å². The van der Waals surface area contributed by atoms with E-state index in [-0.39, 0.29) is 11.7 Å². The van der Waals surface area contributed by atoms with Gasteiger partial charge in [0.1, 0.15) is 27.3 Å². The molecule has 0 bridgehead atoms. The van der Waals surface area contributed by atoms with Gasteiger partial charge < -0.3 is 5.32 Å². The zero-order valence-corrected chi connectivity index (χ0v) is 18.3. The van der Waals surface area contributed by atoms with Crippen LogP contribution in [0.1, 0.15) is 21.8 Å². The van der Waals surface area contributed by atoms with E-state index < -0.39 is 0 Å². The quantitative estimate of drug-likeness (QED) is 0.369. The summed E-state index contributed by atoms with van der Waals surface area (Å²) in [4.78, 5) is 23.9. The first kappa shape index (κ1) is 20.1. The lowest BCUT2D eigenvalue weighted by Gasteiger charge is -2.10. The summed E-state index contributed by atoms with van der Waals surface area (Å²) >= 11 is 3.00. The number of nitrogens with one attached hydrogen (secondary N) is 1. The molecule has 150 valence electrons. The number of aromatic nitrogens is 4. The van der Waals surface area contributed by atoms with Crippen molar-refractivity contribution in [2.75, 3.05) is 11.1 Å². The molecule has 9 heteroatoms. The van der Waals surface area contributed by atoms with Gasteiger partial charge in [-0.2, -0.15) is 10.4 Å².